The number of fused-ring (bicyclic) bond motifs is 1. The SMILES string of the molecule is CCC(=O)N1c2ccccc2[C@H](NC2CCC(C)CC2)C[C@@H]1C. The van der Waals surface area contributed by atoms with E-state index in [1.54, 1.807) is 0 Å². The Morgan fingerprint density at radius 1 is 1.17 bits per heavy atom. The molecule has 126 valence electrons. The van der Waals surface area contributed by atoms with Gasteiger partial charge < -0.3 is 10.2 Å². The summed E-state index contributed by atoms with van der Waals surface area (Å²) in [6, 6.07) is 9.71. The summed E-state index contributed by atoms with van der Waals surface area (Å²) in [6.07, 6.45) is 6.81. The van der Waals surface area contributed by atoms with Crippen LogP contribution in [0.5, 0.6) is 0 Å². The van der Waals surface area contributed by atoms with Crippen LogP contribution in [0.1, 0.15) is 70.9 Å². The van der Waals surface area contributed by atoms with Crippen LogP contribution in [0.25, 0.3) is 0 Å². The number of carbonyl (C=O) groups is 1. The van der Waals surface area contributed by atoms with Gasteiger partial charge in [0.05, 0.1) is 0 Å². The third-order valence-electron chi connectivity index (χ3n) is 5.61. The molecule has 2 aliphatic rings. The fourth-order valence-corrected chi connectivity index (χ4v) is 4.23. The second-order valence-corrected chi connectivity index (χ2v) is 7.44. The summed E-state index contributed by atoms with van der Waals surface area (Å²) in [5, 5.41) is 3.90. The van der Waals surface area contributed by atoms with Crippen molar-refractivity contribution in [1.82, 2.24) is 5.32 Å². The quantitative estimate of drug-likeness (QED) is 0.895. The molecule has 3 rings (SSSR count). The Bertz CT molecular complexity index is 548. The number of anilines is 1. The summed E-state index contributed by atoms with van der Waals surface area (Å²) in [6.45, 7) is 6.49. The van der Waals surface area contributed by atoms with E-state index in [2.05, 4.69) is 37.4 Å². The first-order chi connectivity index (χ1) is 11.1. The zero-order valence-corrected chi connectivity index (χ0v) is 14.7. The summed E-state index contributed by atoms with van der Waals surface area (Å²) in [7, 11) is 0. The van der Waals surface area contributed by atoms with Crippen LogP contribution in [0.15, 0.2) is 24.3 Å². The molecular formula is C20H30N2O. The van der Waals surface area contributed by atoms with Gasteiger partial charge in [-0.15, -0.1) is 0 Å². The van der Waals surface area contributed by atoms with Gasteiger partial charge in [0.15, 0.2) is 0 Å². The second kappa shape index (κ2) is 7.04. The van der Waals surface area contributed by atoms with E-state index in [1.807, 2.05) is 17.9 Å². The van der Waals surface area contributed by atoms with Gasteiger partial charge in [0.1, 0.15) is 0 Å². The molecule has 1 aliphatic heterocycles. The van der Waals surface area contributed by atoms with Gasteiger partial charge in [0.2, 0.25) is 5.91 Å². The fourth-order valence-electron chi connectivity index (χ4n) is 4.23. The van der Waals surface area contributed by atoms with Crippen molar-refractivity contribution in [3.8, 4) is 0 Å². The lowest BCUT2D eigenvalue weighted by Gasteiger charge is -2.41. The highest BCUT2D eigenvalue weighted by molar-refractivity contribution is 5.95. The number of rotatable bonds is 3. The number of carbonyl (C=O) groups excluding carboxylic acids is 1. The van der Waals surface area contributed by atoms with Gasteiger partial charge in [-0.2, -0.15) is 0 Å². The minimum absolute atomic E-state index is 0.231. The predicted molar refractivity (Wildman–Crippen MR) is 95.6 cm³/mol. The molecule has 1 heterocycles. The van der Waals surface area contributed by atoms with Gasteiger partial charge in [-0.3, -0.25) is 4.79 Å². The van der Waals surface area contributed by atoms with Crippen molar-refractivity contribution < 1.29 is 4.79 Å². The van der Waals surface area contributed by atoms with Gasteiger partial charge >= 0.3 is 0 Å². The first-order valence-corrected chi connectivity index (χ1v) is 9.27. The molecule has 1 saturated carbocycles. The average Bonchev–Trinajstić information content (AvgIpc) is 2.56. The lowest BCUT2D eigenvalue weighted by atomic mass is 9.85. The van der Waals surface area contributed by atoms with Crippen LogP contribution in [0.2, 0.25) is 0 Å². The molecular weight excluding hydrogens is 284 g/mol. The third-order valence-corrected chi connectivity index (χ3v) is 5.61. The van der Waals surface area contributed by atoms with Crippen molar-refractivity contribution in [2.24, 2.45) is 5.92 Å². The van der Waals surface area contributed by atoms with Gasteiger partial charge in [-0.1, -0.05) is 32.0 Å². The molecule has 1 aliphatic carbocycles. The highest BCUT2D eigenvalue weighted by Gasteiger charge is 2.34. The molecule has 1 aromatic rings. The summed E-state index contributed by atoms with van der Waals surface area (Å²) in [5.41, 5.74) is 2.41. The maximum Gasteiger partial charge on any atom is 0.226 e. The Morgan fingerprint density at radius 3 is 2.57 bits per heavy atom. The fraction of sp³-hybridized carbons (Fsp3) is 0.650. The van der Waals surface area contributed by atoms with E-state index in [0.29, 0.717) is 18.5 Å². The standard InChI is InChI=1S/C20H30N2O/c1-4-20(23)22-15(3)13-18(17-7-5-6-8-19(17)22)21-16-11-9-14(2)10-12-16/h5-8,14-16,18,21H,4,9-13H2,1-3H3/t14?,15-,16?,18+/m0/s1. The highest BCUT2D eigenvalue weighted by atomic mass is 16.2. The van der Waals surface area contributed by atoms with E-state index in [4.69, 9.17) is 0 Å². The summed E-state index contributed by atoms with van der Waals surface area (Å²) >= 11 is 0. The van der Waals surface area contributed by atoms with Gasteiger partial charge in [-0.25, -0.2) is 0 Å². The zero-order valence-electron chi connectivity index (χ0n) is 14.7. The van der Waals surface area contributed by atoms with E-state index in [9.17, 15) is 4.79 Å². The molecule has 3 nitrogen and oxygen atoms in total. The lowest BCUT2D eigenvalue weighted by molar-refractivity contribution is -0.118. The summed E-state index contributed by atoms with van der Waals surface area (Å²) in [4.78, 5) is 14.4. The van der Waals surface area contributed by atoms with Crippen LogP contribution in [-0.2, 0) is 4.79 Å². The number of nitrogens with zero attached hydrogens (tertiary/aromatic N) is 1. The molecule has 1 amide bonds. The molecule has 0 spiro atoms. The minimum atomic E-state index is 0.231. The van der Waals surface area contributed by atoms with Crippen LogP contribution < -0.4 is 10.2 Å². The van der Waals surface area contributed by atoms with Crippen LogP contribution in [0, 0.1) is 5.92 Å². The summed E-state index contributed by atoms with van der Waals surface area (Å²) < 4.78 is 0. The maximum atomic E-state index is 12.4. The Kier molecular flexibility index (Phi) is 5.05. The molecule has 2 atom stereocenters. The number of hydrogen-bond donors (Lipinski definition) is 1. The van der Waals surface area contributed by atoms with Gasteiger partial charge in [0, 0.05) is 30.2 Å². The molecule has 0 unspecified atom stereocenters. The van der Waals surface area contributed by atoms with Gasteiger partial charge in [-0.05, 0) is 56.6 Å². The minimum Gasteiger partial charge on any atom is -0.309 e. The molecule has 0 radical (unpaired) electrons. The first-order valence-electron chi connectivity index (χ1n) is 9.27. The topological polar surface area (TPSA) is 32.3 Å². The van der Waals surface area contributed by atoms with Crippen LogP contribution in [0.3, 0.4) is 0 Å². The number of benzene rings is 1. The van der Waals surface area contributed by atoms with E-state index in [1.165, 1.54) is 31.2 Å². The maximum absolute atomic E-state index is 12.4. The molecule has 23 heavy (non-hydrogen) atoms. The molecule has 0 bridgehead atoms. The Labute approximate surface area is 140 Å². The van der Waals surface area contributed by atoms with E-state index in [0.717, 1.165) is 18.0 Å². The number of nitrogens with one attached hydrogen (secondary N) is 1. The van der Waals surface area contributed by atoms with E-state index < -0.39 is 0 Å². The largest absolute Gasteiger partial charge is 0.309 e. The number of para-hydroxylation sites is 1. The molecule has 0 aromatic heterocycles. The number of hydrogen-bond acceptors (Lipinski definition) is 2. The lowest BCUT2D eigenvalue weighted by Crippen LogP contribution is -2.47. The van der Waals surface area contributed by atoms with E-state index in [-0.39, 0.29) is 11.9 Å². The Hall–Kier alpha value is -1.35. The normalized spacial score (nSPS) is 30.8. The van der Waals surface area contributed by atoms with E-state index >= 15 is 0 Å². The summed E-state index contributed by atoms with van der Waals surface area (Å²) in [5.74, 6) is 1.11. The monoisotopic (exact) mass is 314 g/mol. The van der Waals surface area contributed by atoms with Crippen molar-refractivity contribution >= 4 is 11.6 Å². The molecule has 1 N–H and O–H groups in total. The average molecular weight is 314 g/mol. The van der Waals surface area contributed by atoms with Crippen molar-refractivity contribution in [1.29, 1.82) is 0 Å². The molecule has 3 heteroatoms. The van der Waals surface area contributed by atoms with Crippen molar-refractivity contribution in [3.63, 3.8) is 0 Å². The third kappa shape index (κ3) is 3.45. The smallest absolute Gasteiger partial charge is 0.226 e. The van der Waals surface area contributed by atoms with Crippen molar-refractivity contribution in [3.05, 3.63) is 29.8 Å². The van der Waals surface area contributed by atoms with Crippen LogP contribution in [-0.4, -0.2) is 18.0 Å². The number of amides is 1. The molecule has 1 fully saturated rings. The molecule has 0 saturated heterocycles. The zero-order chi connectivity index (χ0) is 16.4. The van der Waals surface area contributed by atoms with Crippen LogP contribution >= 0.6 is 0 Å². The second-order valence-electron chi connectivity index (χ2n) is 7.44. The predicted octanol–water partition coefficient (Wildman–Crippen LogP) is 4.43. The Morgan fingerprint density at radius 2 is 1.87 bits per heavy atom. The van der Waals surface area contributed by atoms with Crippen molar-refractivity contribution in [2.45, 2.75) is 77.4 Å². The molecule has 1 aromatic carbocycles. The Balaban J connectivity index is 1.81. The first kappa shape index (κ1) is 16.5. The van der Waals surface area contributed by atoms with Crippen molar-refractivity contribution in [2.75, 3.05) is 4.90 Å². The van der Waals surface area contributed by atoms with Crippen LogP contribution in [0.4, 0.5) is 5.69 Å². The van der Waals surface area contributed by atoms with Gasteiger partial charge in [0.25, 0.3) is 0 Å². The highest BCUT2D eigenvalue weighted by Crippen LogP contribution is 2.38.